The summed E-state index contributed by atoms with van der Waals surface area (Å²) in [5, 5.41) is 2.98. The summed E-state index contributed by atoms with van der Waals surface area (Å²) in [6.07, 6.45) is 0.919. The van der Waals surface area contributed by atoms with Crippen LogP contribution in [0.3, 0.4) is 0 Å². The fourth-order valence-corrected chi connectivity index (χ4v) is 2.43. The Hall–Kier alpha value is -2.36. The first-order chi connectivity index (χ1) is 11.5. The number of amides is 1. The summed E-state index contributed by atoms with van der Waals surface area (Å²) < 4.78 is 18.6. The van der Waals surface area contributed by atoms with Crippen molar-refractivity contribution in [1.29, 1.82) is 0 Å². The second kappa shape index (κ2) is 8.48. The van der Waals surface area contributed by atoms with Gasteiger partial charge in [-0.15, -0.1) is 0 Å². The van der Waals surface area contributed by atoms with Crippen molar-refractivity contribution in [2.75, 3.05) is 0 Å². The van der Waals surface area contributed by atoms with Gasteiger partial charge in [0, 0.05) is 0 Å². The molecule has 0 fully saturated rings. The standard InChI is InChI=1S/C20H24FNO2/c1-4-15-6-8-16(9-7-15)14(3)22-20(23)19(5-2)24-18-12-10-17(21)11-13-18/h6-14,19H,4-5H2,1-3H3,(H,22,23)/t14-,19+/m1/s1. The van der Waals surface area contributed by atoms with E-state index >= 15 is 0 Å². The van der Waals surface area contributed by atoms with Crippen LogP contribution in [-0.2, 0) is 11.2 Å². The molecule has 0 spiro atoms. The van der Waals surface area contributed by atoms with E-state index in [1.165, 1.54) is 29.8 Å². The minimum atomic E-state index is -0.604. The van der Waals surface area contributed by atoms with Crippen molar-refractivity contribution in [3.8, 4) is 5.75 Å². The van der Waals surface area contributed by atoms with Crippen LogP contribution in [0.15, 0.2) is 48.5 Å². The van der Waals surface area contributed by atoms with Crippen molar-refractivity contribution in [2.24, 2.45) is 0 Å². The van der Waals surface area contributed by atoms with E-state index < -0.39 is 6.10 Å². The van der Waals surface area contributed by atoms with Gasteiger partial charge in [0.2, 0.25) is 0 Å². The third-order valence-electron chi connectivity index (χ3n) is 4.00. The Kier molecular flexibility index (Phi) is 6.36. The molecule has 0 saturated heterocycles. The molecule has 0 aliphatic rings. The largest absolute Gasteiger partial charge is 0.481 e. The number of carbonyl (C=O) groups is 1. The van der Waals surface area contributed by atoms with E-state index in [-0.39, 0.29) is 17.8 Å². The fraction of sp³-hybridized carbons (Fsp3) is 0.350. The summed E-state index contributed by atoms with van der Waals surface area (Å²) in [5.41, 5.74) is 2.32. The van der Waals surface area contributed by atoms with E-state index in [0.29, 0.717) is 12.2 Å². The van der Waals surface area contributed by atoms with E-state index in [0.717, 1.165) is 12.0 Å². The lowest BCUT2D eigenvalue weighted by Crippen LogP contribution is -2.39. The second-order valence-corrected chi connectivity index (χ2v) is 5.79. The maximum absolute atomic E-state index is 12.9. The molecule has 2 aromatic rings. The van der Waals surface area contributed by atoms with Crippen molar-refractivity contribution in [2.45, 2.75) is 45.8 Å². The SMILES string of the molecule is CCc1ccc([C@@H](C)NC(=O)[C@H](CC)Oc2ccc(F)cc2)cc1. The first kappa shape index (κ1) is 18.0. The Morgan fingerprint density at radius 1 is 1.08 bits per heavy atom. The van der Waals surface area contributed by atoms with Crippen LogP contribution >= 0.6 is 0 Å². The number of hydrogen-bond donors (Lipinski definition) is 1. The average Bonchev–Trinajstić information content (AvgIpc) is 2.61. The van der Waals surface area contributed by atoms with Crippen molar-refractivity contribution in [3.05, 3.63) is 65.5 Å². The summed E-state index contributed by atoms with van der Waals surface area (Å²) in [6.45, 7) is 5.94. The van der Waals surface area contributed by atoms with Crippen LogP contribution in [0.2, 0.25) is 0 Å². The molecular formula is C20H24FNO2. The molecule has 2 aromatic carbocycles. The van der Waals surface area contributed by atoms with Crippen LogP contribution in [0.4, 0.5) is 4.39 Å². The molecule has 0 heterocycles. The van der Waals surface area contributed by atoms with Gasteiger partial charge in [0.25, 0.3) is 5.91 Å². The Labute approximate surface area is 142 Å². The molecule has 1 N–H and O–H groups in total. The Morgan fingerprint density at radius 2 is 1.71 bits per heavy atom. The predicted octanol–water partition coefficient (Wildman–Crippen LogP) is 4.42. The van der Waals surface area contributed by atoms with Gasteiger partial charge in [-0.25, -0.2) is 4.39 Å². The third-order valence-corrected chi connectivity index (χ3v) is 4.00. The van der Waals surface area contributed by atoms with E-state index in [4.69, 9.17) is 4.74 Å². The first-order valence-corrected chi connectivity index (χ1v) is 8.35. The number of benzene rings is 2. The molecule has 4 heteroatoms. The van der Waals surface area contributed by atoms with E-state index in [1.54, 1.807) is 0 Å². The normalized spacial score (nSPS) is 13.2. The van der Waals surface area contributed by atoms with Gasteiger partial charge < -0.3 is 10.1 Å². The highest BCUT2D eigenvalue weighted by molar-refractivity contribution is 5.81. The van der Waals surface area contributed by atoms with Gasteiger partial charge in [-0.05, 0) is 55.2 Å². The lowest BCUT2D eigenvalue weighted by atomic mass is 10.0. The summed E-state index contributed by atoms with van der Waals surface area (Å²) in [4.78, 5) is 12.4. The zero-order chi connectivity index (χ0) is 17.5. The molecule has 24 heavy (non-hydrogen) atoms. The molecular weight excluding hydrogens is 305 g/mol. The molecule has 2 rings (SSSR count). The number of nitrogens with one attached hydrogen (secondary N) is 1. The Morgan fingerprint density at radius 3 is 2.25 bits per heavy atom. The van der Waals surface area contributed by atoms with Crippen LogP contribution in [0.1, 0.15) is 44.4 Å². The average molecular weight is 329 g/mol. The molecule has 0 bridgehead atoms. The topological polar surface area (TPSA) is 38.3 Å². The number of rotatable bonds is 7. The quantitative estimate of drug-likeness (QED) is 0.816. The van der Waals surface area contributed by atoms with Crippen LogP contribution in [0, 0.1) is 5.82 Å². The number of carbonyl (C=O) groups excluding carboxylic acids is 1. The minimum Gasteiger partial charge on any atom is -0.481 e. The van der Waals surface area contributed by atoms with Crippen LogP contribution in [0.25, 0.3) is 0 Å². The highest BCUT2D eigenvalue weighted by atomic mass is 19.1. The van der Waals surface area contributed by atoms with Gasteiger partial charge in [0.15, 0.2) is 6.10 Å². The number of halogens is 1. The summed E-state index contributed by atoms with van der Waals surface area (Å²) >= 11 is 0. The zero-order valence-electron chi connectivity index (χ0n) is 14.4. The van der Waals surface area contributed by atoms with Crippen LogP contribution in [-0.4, -0.2) is 12.0 Å². The van der Waals surface area contributed by atoms with Crippen molar-refractivity contribution in [1.82, 2.24) is 5.32 Å². The third kappa shape index (κ3) is 4.82. The summed E-state index contributed by atoms with van der Waals surface area (Å²) in [6, 6.07) is 13.8. The van der Waals surface area contributed by atoms with E-state index in [2.05, 4.69) is 24.4 Å². The van der Waals surface area contributed by atoms with Crippen molar-refractivity contribution in [3.63, 3.8) is 0 Å². The predicted molar refractivity (Wildman–Crippen MR) is 93.5 cm³/mol. The maximum Gasteiger partial charge on any atom is 0.261 e. The van der Waals surface area contributed by atoms with Gasteiger partial charge in [-0.1, -0.05) is 38.1 Å². The molecule has 0 aliphatic heterocycles. The molecule has 1 amide bonds. The minimum absolute atomic E-state index is 0.103. The monoisotopic (exact) mass is 329 g/mol. The fourth-order valence-electron chi connectivity index (χ4n) is 2.43. The van der Waals surface area contributed by atoms with Crippen LogP contribution < -0.4 is 10.1 Å². The summed E-state index contributed by atoms with van der Waals surface area (Å²) in [7, 11) is 0. The number of hydrogen-bond acceptors (Lipinski definition) is 2. The lowest BCUT2D eigenvalue weighted by molar-refractivity contribution is -0.128. The number of ether oxygens (including phenoxy) is 1. The van der Waals surface area contributed by atoms with Gasteiger partial charge >= 0.3 is 0 Å². The van der Waals surface area contributed by atoms with E-state index in [1.807, 2.05) is 26.0 Å². The Bertz CT molecular complexity index is 652. The molecule has 0 saturated carbocycles. The molecule has 0 aromatic heterocycles. The van der Waals surface area contributed by atoms with Gasteiger partial charge in [0.05, 0.1) is 6.04 Å². The maximum atomic E-state index is 12.9. The first-order valence-electron chi connectivity index (χ1n) is 8.35. The molecule has 128 valence electrons. The van der Waals surface area contributed by atoms with Gasteiger partial charge in [-0.3, -0.25) is 4.79 Å². The van der Waals surface area contributed by atoms with E-state index in [9.17, 15) is 9.18 Å². The lowest BCUT2D eigenvalue weighted by Gasteiger charge is -2.21. The molecule has 3 nitrogen and oxygen atoms in total. The van der Waals surface area contributed by atoms with Gasteiger partial charge in [0.1, 0.15) is 11.6 Å². The number of aryl methyl sites for hydroxylation is 1. The van der Waals surface area contributed by atoms with Crippen molar-refractivity contribution >= 4 is 5.91 Å². The summed E-state index contributed by atoms with van der Waals surface area (Å²) in [5.74, 6) is -0.0174. The molecule has 0 unspecified atom stereocenters. The molecule has 0 radical (unpaired) electrons. The highest BCUT2D eigenvalue weighted by Gasteiger charge is 2.20. The zero-order valence-corrected chi connectivity index (χ0v) is 14.4. The smallest absolute Gasteiger partial charge is 0.261 e. The van der Waals surface area contributed by atoms with Gasteiger partial charge in [-0.2, -0.15) is 0 Å². The highest BCUT2D eigenvalue weighted by Crippen LogP contribution is 2.17. The van der Waals surface area contributed by atoms with Crippen LogP contribution in [0.5, 0.6) is 5.75 Å². The molecule has 2 atom stereocenters. The Balaban J connectivity index is 1.98. The van der Waals surface area contributed by atoms with Crippen molar-refractivity contribution < 1.29 is 13.9 Å². The second-order valence-electron chi connectivity index (χ2n) is 5.79. The molecule has 0 aliphatic carbocycles.